The average molecular weight is 388 g/mol. The van der Waals surface area contributed by atoms with Crippen LogP contribution in [0.3, 0.4) is 0 Å². The predicted molar refractivity (Wildman–Crippen MR) is 110 cm³/mol. The van der Waals surface area contributed by atoms with E-state index < -0.39 is 0 Å². The van der Waals surface area contributed by atoms with Crippen molar-refractivity contribution >= 4 is 17.5 Å². The Labute approximate surface area is 168 Å². The van der Waals surface area contributed by atoms with Crippen LogP contribution in [0.5, 0.6) is 0 Å². The van der Waals surface area contributed by atoms with Gasteiger partial charge in [0.05, 0.1) is 5.69 Å². The fourth-order valence-electron chi connectivity index (χ4n) is 3.46. The number of pyridine rings is 2. The molecule has 6 heteroatoms. The molecule has 0 radical (unpaired) electrons. The first-order valence-corrected chi connectivity index (χ1v) is 9.24. The predicted octanol–water partition coefficient (Wildman–Crippen LogP) is 4.47. The van der Waals surface area contributed by atoms with Crippen molar-refractivity contribution in [1.82, 2.24) is 19.9 Å². The normalized spacial score (nSPS) is 12.1. The first-order valence-electron chi connectivity index (χ1n) is 8.86. The number of halogens is 1. The fourth-order valence-corrected chi connectivity index (χ4v) is 3.59. The van der Waals surface area contributed by atoms with Gasteiger partial charge in [-0.05, 0) is 47.0 Å². The largest absolute Gasteiger partial charge is 0.368 e. The SMILES string of the molecule is Nc1nccc(C(c2ccc(Cl)cc2)C(c2cccnc2)c2cccnc2)n1. The van der Waals surface area contributed by atoms with Gasteiger partial charge in [0.15, 0.2) is 0 Å². The van der Waals surface area contributed by atoms with Crippen molar-refractivity contribution in [3.63, 3.8) is 0 Å². The van der Waals surface area contributed by atoms with Crippen LogP contribution in [-0.4, -0.2) is 19.9 Å². The second-order valence-electron chi connectivity index (χ2n) is 6.42. The van der Waals surface area contributed by atoms with E-state index in [1.165, 1.54) is 0 Å². The summed E-state index contributed by atoms with van der Waals surface area (Å²) in [5.41, 5.74) is 9.93. The average Bonchev–Trinajstić information content (AvgIpc) is 2.74. The number of benzene rings is 1. The molecule has 2 N–H and O–H groups in total. The Morgan fingerprint density at radius 3 is 1.89 bits per heavy atom. The molecule has 4 aromatic rings. The molecule has 0 amide bonds. The third kappa shape index (κ3) is 3.85. The molecule has 0 bridgehead atoms. The molecular weight excluding hydrogens is 370 g/mol. The maximum absolute atomic E-state index is 6.14. The number of aromatic nitrogens is 4. The monoisotopic (exact) mass is 387 g/mol. The van der Waals surface area contributed by atoms with Crippen molar-refractivity contribution in [3.8, 4) is 0 Å². The van der Waals surface area contributed by atoms with Crippen LogP contribution < -0.4 is 5.73 Å². The summed E-state index contributed by atoms with van der Waals surface area (Å²) in [6.07, 6.45) is 8.98. The lowest BCUT2D eigenvalue weighted by atomic mass is 9.76. The minimum absolute atomic E-state index is 0.0575. The lowest BCUT2D eigenvalue weighted by molar-refractivity contribution is 0.669. The molecule has 138 valence electrons. The summed E-state index contributed by atoms with van der Waals surface area (Å²) >= 11 is 6.14. The number of anilines is 1. The number of nitrogens with two attached hydrogens (primary N) is 1. The highest BCUT2D eigenvalue weighted by atomic mass is 35.5. The molecule has 0 saturated heterocycles. The van der Waals surface area contributed by atoms with Crippen LogP contribution in [-0.2, 0) is 0 Å². The number of nitrogen functional groups attached to an aromatic ring is 1. The van der Waals surface area contributed by atoms with E-state index in [9.17, 15) is 0 Å². The molecule has 1 aromatic carbocycles. The minimum Gasteiger partial charge on any atom is -0.368 e. The van der Waals surface area contributed by atoms with Gasteiger partial charge in [0.25, 0.3) is 0 Å². The van der Waals surface area contributed by atoms with E-state index in [0.29, 0.717) is 5.02 Å². The second-order valence-corrected chi connectivity index (χ2v) is 6.86. The van der Waals surface area contributed by atoms with Gasteiger partial charge in [-0.25, -0.2) is 9.97 Å². The quantitative estimate of drug-likeness (QED) is 0.546. The zero-order valence-corrected chi connectivity index (χ0v) is 15.7. The van der Waals surface area contributed by atoms with Gasteiger partial charge in [0.1, 0.15) is 0 Å². The van der Waals surface area contributed by atoms with Crippen molar-refractivity contribution in [2.45, 2.75) is 11.8 Å². The molecule has 0 fully saturated rings. The third-order valence-corrected chi connectivity index (χ3v) is 4.92. The van der Waals surface area contributed by atoms with E-state index in [2.05, 4.69) is 32.1 Å². The zero-order valence-electron chi connectivity index (χ0n) is 15.0. The summed E-state index contributed by atoms with van der Waals surface area (Å²) in [4.78, 5) is 17.3. The van der Waals surface area contributed by atoms with E-state index in [4.69, 9.17) is 17.3 Å². The molecule has 1 atom stereocenters. The molecular formula is C22H18ClN5. The maximum atomic E-state index is 6.14. The smallest absolute Gasteiger partial charge is 0.220 e. The van der Waals surface area contributed by atoms with Crippen LogP contribution in [0.4, 0.5) is 5.95 Å². The highest BCUT2D eigenvalue weighted by molar-refractivity contribution is 6.30. The molecule has 0 aliphatic carbocycles. The first kappa shape index (κ1) is 18.1. The van der Waals surface area contributed by atoms with Crippen LogP contribution in [0.25, 0.3) is 0 Å². The van der Waals surface area contributed by atoms with Gasteiger partial charge in [-0.1, -0.05) is 35.9 Å². The summed E-state index contributed by atoms with van der Waals surface area (Å²) in [7, 11) is 0. The van der Waals surface area contributed by atoms with E-state index in [1.807, 2.05) is 54.9 Å². The third-order valence-electron chi connectivity index (χ3n) is 4.66. The summed E-state index contributed by atoms with van der Waals surface area (Å²) in [6, 6.07) is 17.7. The van der Waals surface area contributed by atoms with Gasteiger partial charge in [-0.15, -0.1) is 0 Å². The molecule has 1 unspecified atom stereocenters. The Balaban J connectivity index is 1.94. The van der Waals surface area contributed by atoms with Crippen molar-refractivity contribution in [1.29, 1.82) is 0 Å². The molecule has 3 aromatic heterocycles. The molecule has 0 aliphatic rings. The number of nitrogens with zero attached hydrogens (tertiary/aromatic N) is 4. The van der Waals surface area contributed by atoms with Gasteiger partial charge < -0.3 is 5.73 Å². The Hall–Kier alpha value is -3.31. The molecule has 5 nitrogen and oxygen atoms in total. The summed E-state index contributed by atoms with van der Waals surface area (Å²) in [5, 5.41) is 0.684. The Morgan fingerprint density at radius 2 is 1.36 bits per heavy atom. The highest BCUT2D eigenvalue weighted by Crippen LogP contribution is 2.42. The maximum Gasteiger partial charge on any atom is 0.220 e. The van der Waals surface area contributed by atoms with Crippen LogP contribution >= 0.6 is 11.6 Å². The molecule has 0 aliphatic heterocycles. The fraction of sp³-hybridized carbons (Fsp3) is 0.0909. The lowest BCUT2D eigenvalue weighted by Gasteiger charge is -2.28. The van der Waals surface area contributed by atoms with Gasteiger partial charge >= 0.3 is 0 Å². The molecule has 4 rings (SSSR count). The van der Waals surface area contributed by atoms with Crippen LogP contribution in [0.1, 0.15) is 34.2 Å². The first-order chi connectivity index (χ1) is 13.7. The lowest BCUT2D eigenvalue weighted by Crippen LogP contribution is -2.17. The van der Waals surface area contributed by atoms with Crippen molar-refractivity contribution in [3.05, 3.63) is 113 Å². The summed E-state index contributed by atoms with van der Waals surface area (Å²) < 4.78 is 0. The van der Waals surface area contributed by atoms with E-state index in [-0.39, 0.29) is 17.8 Å². The molecule has 0 saturated carbocycles. The number of rotatable bonds is 5. The van der Waals surface area contributed by atoms with Gasteiger partial charge in [0, 0.05) is 47.8 Å². The van der Waals surface area contributed by atoms with Crippen molar-refractivity contribution in [2.24, 2.45) is 0 Å². The van der Waals surface area contributed by atoms with Crippen LogP contribution in [0.15, 0.2) is 85.6 Å². The van der Waals surface area contributed by atoms with Gasteiger partial charge in [-0.3, -0.25) is 9.97 Å². The Kier molecular flexibility index (Phi) is 5.26. The molecule has 3 heterocycles. The zero-order chi connectivity index (χ0) is 19.3. The summed E-state index contributed by atoms with van der Waals surface area (Å²) in [6.45, 7) is 0. The van der Waals surface area contributed by atoms with Gasteiger partial charge in [-0.2, -0.15) is 0 Å². The Morgan fingerprint density at radius 1 is 0.714 bits per heavy atom. The van der Waals surface area contributed by atoms with Crippen LogP contribution in [0, 0.1) is 0 Å². The van der Waals surface area contributed by atoms with E-state index in [1.54, 1.807) is 18.6 Å². The second kappa shape index (κ2) is 8.15. The van der Waals surface area contributed by atoms with Crippen LogP contribution in [0.2, 0.25) is 5.02 Å². The number of hydrogen-bond acceptors (Lipinski definition) is 5. The van der Waals surface area contributed by atoms with Gasteiger partial charge in [0.2, 0.25) is 5.95 Å². The molecule has 28 heavy (non-hydrogen) atoms. The van der Waals surface area contributed by atoms with Crippen molar-refractivity contribution < 1.29 is 0 Å². The summed E-state index contributed by atoms with van der Waals surface area (Å²) in [5.74, 6) is 0.0708. The van der Waals surface area contributed by atoms with E-state index in [0.717, 1.165) is 22.4 Å². The number of hydrogen-bond donors (Lipinski definition) is 1. The highest BCUT2D eigenvalue weighted by Gasteiger charge is 2.30. The molecule has 0 spiro atoms. The van der Waals surface area contributed by atoms with Crippen molar-refractivity contribution in [2.75, 3.05) is 5.73 Å². The standard InChI is InChI=1S/C22H18ClN5/c23-18-7-5-15(6-8-18)21(19-9-12-27-22(24)28-19)20(16-3-1-10-25-13-16)17-4-2-11-26-14-17/h1-14,20-21H,(H2,24,27,28). The minimum atomic E-state index is -0.115. The topological polar surface area (TPSA) is 77.6 Å². The van der Waals surface area contributed by atoms with E-state index >= 15 is 0 Å². The Bertz CT molecular complexity index is 1000.